The fourth-order valence-corrected chi connectivity index (χ4v) is 3.37. The Morgan fingerprint density at radius 1 is 0.931 bits per heavy atom. The Morgan fingerprint density at radius 3 is 2.24 bits per heavy atom. The van der Waals surface area contributed by atoms with E-state index in [4.69, 9.17) is 9.26 Å². The topological polar surface area (TPSA) is 106 Å². The van der Waals surface area contributed by atoms with Gasteiger partial charge in [0.25, 0.3) is 11.8 Å². The van der Waals surface area contributed by atoms with E-state index < -0.39 is 0 Å². The SMILES string of the molecule is O=C1c2ccccc2C(=O)N1Cc1nc(-c2ccc(N3CCOC3=O)cc2)no1. The van der Waals surface area contributed by atoms with Crippen LogP contribution < -0.4 is 4.90 Å². The molecule has 9 nitrogen and oxygen atoms in total. The summed E-state index contributed by atoms with van der Waals surface area (Å²) in [4.78, 5) is 43.5. The molecule has 0 aliphatic carbocycles. The first kappa shape index (κ1) is 17.1. The summed E-state index contributed by atoms with van der Waals surface area (Å²) in [6, 6.07) is 13.7. The van der Waals surface area contributed by atoms with Crippen LogP contribution in [0.2, 0.25) is 0 Å². The van der Waals surface area contributed by atoms with Crippen LogP contribution >= 0.6 is 0 Å². The highest BCUT2D eigenvalue weighted by Gasteiger charge is 2.36. The maximum atomic E-state index is 12.5. The lowest BCUT2D eigenvalue weighted by atomic mass is 10.1. The van der Waals surface area contributed by atoms with Crippen LogP contribution in [0.1, 0.15) is 26.6 Å². The van der Waals surface area contributed by atoms with Crippen molar-refractivity contribution in [3.05, 3.63) is 65.5 Å². The third-order valence-electron chi connectivity index (χ3n) is 4.84. The van der Waals surface area contributed by atoms with Gasteiger partial charge in [-0.25, -0.2) is 4.79 Å². The highest BCUT2D eigenvalue weighted by Crippen LogP contribution is 2.26. The van der Waals surface area contributed by atoms with E-state index in [-0.39, 0.29) is 30.3 Å². The van der Waals surface area contributed by atoms with E-state index in [0.29, 0.717) is 41.4 Å². The Balaban J connectivity index is 1.33. The number of hydrogen-bond acceptors (Lipinski definition) is 7. The van der Waals surface area contributed by atoms with Crippen LogP contribution in [0, 0.1) is 0 Å². The van der Waals surface area contributed by atoms with Crippen LogP contribution in [0.4, 0.5) is 10.5 Å². The maximum Gasteiger partial charge on any atom is 0.414 e. The van der Waals surface area contributed by atoms with Gasteiger partial charge in [0.1, 0.15) is 13.2 Å². The number of carbonyl (C=O) groups excluding carboxylic acids is 3. The molecule has 9 heteroatoms. The first-order valence-electron chi connectivity index (χ1n) is 8.94. The van der Waals surface area contributed by atoms with Crippen molar-refractivity contribution in [1.82, 2.24) is 15.0 Å². The number of nitrogens with zero attached hydrogens (tertiary/aromatic N) is 4. The molecule has 0 N–H and O–H groups in total. The molecule has 3 heterocycles. The normalized spacial score (nSPS) is 15.8. The highest BCUT2D eigenvalue weighted by atomic mass is 16.6. The molecule has 2 aliphatic heterocycles. The van der Waals surface area contributed by atoms with Crippen LogP contribution in [0.15, 0.2) is 53.1 Å². The van der Waals surface area contributed by atoms with Crippen molar-refractivity contribution in [3.63, 3.8) is 0 Å². The van der Waals surface area contributed by atoms with E-state index in [1.54, 1.807) is 48.5 Å². The molecule has 0 bridgehead atoms. The van der Waals surface area contributed by atoms with E-state index in [1.807, 2.05) is 0 Å². The number of hydrogen-bond donors (Lipinski definition) is 0. The van der Waals surface area contributed by atoms with Crippen LogP contribution in [-0.4, -0.2) is 46.1 Å². The summed E-state index contributed by atoms with van der Waals surface area (Å²) < 4.78 is 10.2. The minimum atomic E-state index is -0.382. The van der Waals surface area contributed by atoms with Crippen LogP contribution in [0.3, 0.4) is 0 Å². The van der Waals surface area contributed by atoms with Crippen molar-refractivity contribution in [2.45, 2.75) is 6.54 Å². The zero-order chi connectivity index (χ0) is 20.0. The number of ether oxygens (including phenoxy) is 1. The van der Waals surface area contributed by atoms with Gasteiger partial charge in [-0.15, -0.1) is 0 Å². The van der Waals surface area contributed by atoms with E-state index in [9.17, 15) is 14.4 Å². The van der Waals surface area contributed by atoms with Crippen molar-refractivity contribution >= 4 is 23.6 Å². The molecule has 0 unspecified atom stereocenters. The molecular weight excluding hydrogens is 376 g/mol. The minimum Gasteiger partial charge on any atom is -0.447 e. The number of amides is 3. The average molecular weight is 390 g/mol. The zero-order valence-corrected chi connectivity index (χ0v) is 15.1. The Hall–Kier alpha value is -4.01. The van der Waals surface area contributed by atoms with Crippen molar-refractivity contribution in [1.29, 1.82) is 0 Å². The number of carbonyl (C=O) groups is 3. The molecule has 3 amide bonds. The lowest BCUT2D eigenvalue weighted by molar-refractivity contribution is 0.0625. The average Bonchev–Trinajstić information content (AvgIpc) is 3.45. The Kier molecular flexibility index (Phi) is 3.87. The van der Waals surface area contributed by atoms with Gasteiger partial charge in [-0.05, 0) is 36.4 Å². The number of anilines is 1. The lowest BCUT2D eigenvalue weighted by Crippen LogP contribution is -2.29. The van der Waals surface area contributed by atoms with Crippen LogP contribution in [-0.2, 0) is 11.3 Å². The van der Waals surface area contributed by atoms with Crippen LogP contribution in [0.5, 0.6) is 0 Å². The first-order chi connectivity index (χ1) is 14.1. The third-order valence-corrected chi connectivity index (χ3v) is 4.84. The quantitative estimate of drug-likeness (QED) is 0.630. The van der Waals surface area contributed by atoms with Crippen molar-refractivity contribution in [2.75, 3.05) is 18.1 Å². The van der Waals surface area contributed by atoms with Gasteiger partial charge in [-0.3, -0.25) is 19.4 Å². The molecule has 5 rings (SSSR count). The third kappa shape index (κ3) is 2.83. The molecule has 0 spiro atoms. The van der Waals surface area contributed by atoms with Gasteiger partial charge in [0.05, 0.1) is 17.7 Å². The second-order valence-electron chi connectivity index (χ2n) is 6.57. The first-order valence-corrected chi connectivity index (χ1v) is 8.94. The monoisotopic (exact) mass is 390 g/mol. The second kappa shape index (κ2) is 6.55. The summed E-state index contributed by atoms with van der Waals surface area (Å²) in [7, 11) is 0. The molecular formula is C20H14N4O5. The fourth-order valence-electron chi connectivity index (χ4n) is 3.37. The summed E-state index contributed by atoms with van der Waals surface area (Å²) in [5.41, 5.74) is 2.13. The van der Waals surface area contributed by atoms with Crippen LogP contribution in [0.25, 0.3) is 11.4 Å². The maximum absolute atomic E-state index is 12.5. The molecule has 0 atom stereocenters. The number of cyclic esters (lactones) is 1. The summed E-state index contributed by atoms with van der Waals surface area (Å²) in [5, 5.41) is 3.93. The predicted octanol–water partition coefficient (Wildman–Crippen LogP) is 2.49. The molecule has 1 saturated heterocycles. The summed E-state index contributed by atoms with van der Waals surface area (Å²) >= 11 is 0. The van der Waals surface area contributed by atoms with Gasteiger partial charge in [0, 0.05) is 11.3 Å². The molecule has 0 saturated carbocycles. The van der Waals surface area contributed by atoms with Gasteiger partial charge in [0.15, 0.2) is 0 Å². The standard InChI is InChI=1S/C20H14N4O5/c25-18-14-3-1-2-4-15(14)19(26)24(18)11-16-21-17(22-29-16)12-5-7-13(8-6-12)23-9-10-28-20(23)27/h1-8H,9-11H2. The number of aromatic nitrogens is 2. The largest absolute Gasteiger partial charge is 0.447 e. The highest BCUT2D eigenvalue weighted by molar-refractivity contribution is 6.21. The van der Waals surface area contributed by atoms with E-state index in [0.717, 1.165) is 4.90 Å². The zero-order valence-electron chi connectivity index (χ0n) is 15.1. The smallest absolute Gasteiger partial charge is 0.414 e. The fraction of sp³-hybridized carbons (Fsp3) is 0.150. The molecule has 2 aromatic carbocycles. The molecule has 29 heavy (non-hydrogen) atoms. The van der Waals surface area contributed by atoms with E-state index in [2.05, 4.69) is 10.1 Å². The number of rotatable bonds is 4. The second-order valence-corrected chi connectivity index (χ2v) is 6.57. The molecule has 144 valence electrons. The van der Waals surface area contributed by atoms with Crippen molar-refractivity contribution in [3.8, 4) is 11.4 Å². The summed E-state index contributed by atoms with van der Waals surface area (Å²) in [5.74, 6) is -0.284. The van der Waals surface area contributed by atoms with Gasteiger partial charge in [-0.1, -0.05) is 17.3 Å². The van der Waals surface area contributed by atoms with Crippen molar-refractivity contribution in [2.24, 2.45) is 0 Å². The lowest BCUT2D eigenvalue weighted by Gasteiger charge is -2.12. The van der Waals surface area contributed by atoms with Gasteiger partial charge < -0.3 is 9.26 Å². The van der Waals surface area contributed by atoms with Crippen molar-refractivity contribution < 1.29 is 23.6 Å². The minimum absolute atomic E-state index is 0.100. The van der Waals surface area contributed by atoms with E-state index >= 15 is 0 Å². The Bertz CT molecular complexity index is 1100. The van der Waals surface area contributed by atoms with E-state index in [1.165, 1.54) is 4.90 Å². The Labute approximate surface area is 164 Å². The molecule has 1 fully saturated rings. The molecule has 3 aromatic rings. The predicted molar refractivity (Wildman–Crippen MR) is 99.1 cm³/mol. The van der Waals surface area contributed by atoms with Gasteiger partial charge >= 0.3 is 6.09 Å². The van der Waals surface area contributed by atoms with Gasteiger partial charge in [0.2, 0.25) is 11.7 Å². The molecule has 0 radical (unpaired) electrons. The summed E-state index contributed by atoms with van der Waals surface area (Å²) in [6.07, 6.45) is -0.374. The number of benzene rings is 2. The molecule has 2 aliphatic rings. The summed E-state index contributed by atoms with van der Waals surface area (Å²) in [6.45, 7) is 0.772. The number of imide groups is 1. The van der Waals surface area contributed by atoms with Gasteiger partial charge in [-0.2, -0.15) is 4.98 Å². The Morgan fingerprint density at radius 2 is 1.62 bits per heavy atom. The number of fused-ring (bicyclic) bond motifs is 1. The molecule has 1 aromatic heterocycles.